The Kier molecular flexibility index (Phi) is 5.57. The zero-order chi connectivity index (χ0) is 21.8. The van der Waals surface area contributed by atoms with Crippen molar-refractivity contribution in [2.75, 3.05) is 25.3 Å². The molecule has 31 heavy (non-hydrogen) atoms. The Bertz CT molecular complexity index is 1220. The van der Waals surface area contributed by atoms with Gasteiger partial charge in [0, 0.05) is 34.6 Å². The summed E-state index contributed by atoms with van der Waals surface area (Å²) in [6, 6.07) is 19.3. The minimum atomic E-state index is -0.213. The quantitative estimate of drug-likeness (QED) is 0.436. The first kappa shape index (κ1) is 20.0. The summed E-state index contributed by atoms with van der Waals surface area (Å²) in [7, 11) is 3.16. The number of amides is 1. The van der Waals surface area contributed by atoms with E-state index in [4.69, 9.17) is 19.9 Å². The summed E-state index contributed by atoms with van der Waals surface area (Å²) in [5.74, 6) is 2.22. The smallest absolute Gasteiger partial charge is 0.255 e. The molecule has 7 nitrogen and oxygen atoms in total. The molecule has 156 valence electrons. The topological polar surface area (TPSA) is 95.7 Å². The number of aromatic nitrogens is 1. The predicted octanol–water partition coefficient (Wildman–Crippen LogP) is 4.88. The molecule has 1 heterocycles. The van der Waals surface area contributed by atoms with Crippen LogP contribution >= 0.6 is 0 Å². The normalized spacial score (nSPS) is 10.5. The number of carbonyl (C=O) groups is 1. The van der Waals surface area contributed by atoms with Gasteiger partial charge in [0.15, 0.2) is 11.5 Å². The van der Waals surface area contributed by atoms with Crippen LogP contribution in [0, 0.1) is 0 Å². The molecular formula is C24H21N3O4. The summed E-state index contributed by atoms with van der Waals surface area (Å²) < 4.78 is 16.8. The summed E-state index contributed by atoms with van der Waals surface area (Å²) in [6.45, 7) is 0. The van der Waals surface area contributed by atoms with Crippen LogP contribution in [-0.4, -0.2) is 25.1 Å². The zero-order valence-electron chi connectivity index (χ0n) is 17.1. The van der Waals surface area contributed by atoms with E-state index in [9.17, 15) is 4.79 Å². The number of pyridine rings is 1. The SMILES string of the molecule is COc1cc2nccc(Oc3ccc(NC(=O)c4ccc(N)cc4)cc3)c2cc1OC. The lowest BCUT2D eigenvalue weighted by molar-refractivity contribution is 0.102. The van der Waals surface area contributed by atoms with Gasteiger partial charge in [-0.3, -0.25) is 9.78 Å². The van der Waals surface area contributed by atoms with Crippen LogP contribution in [0.1, 0.15) is 10.4 Å². The summed E-state index contributed by atoms with van der Waals surface area (Å²) in [6.07, 6.45) is 1.67. The lowest BCUT2D eigenvalue weighted by Gasteiger charge is -2.12. The van der Waals surface area contributed by atoms with Crippen LogP contribution < -0.4 is 25.3 Å². The fourth-order valence-corrected chi connectivity index (χ4v) is 3.11. The number of ether oxygens (including phenoxy) is 3. The number of fused-ring (bicyclic) bond motifs is 1. The molecule has 1 amide bonds. The van der Waals surface area contributed by atoms with Crippen molar-refractivity contribution in [2.45, 2.75) is 0 Å². The number of anilines is 2. The summed E-state index contributed by atoms with van der Waals surface area (Å²) in [4.78, 5) is 16.7. The Morgan fingerprint density at radius 2 is 1.55 bits per heavy atom. The van der Waals surface area contributed by atoms with Crippen LogP contribution in [0.5, 0.6) is 23.0 Å². The molecule has 0 aliphatic heterocycles. The van der Waals surface area contributed by atoms with Gasteiger partial charge < -0.3 is 25.3 Å². The van der Waals surface area contributed by atoms with Crippen LogP contribution in [0.2, 0.25) is 0 Å². The van der Waals surface area contributed by atoms with E-state index >= 15 is 0 Å². The van der Waals surface area contributed by atoms with Crippen LogP contribution in [0.4, 0.5) is 11.4 Å². The second-order valence-corrected chi connectivity index (χ2v) is 6.74. The van der Waals surface area contributed by atoms with Crippen molar-refractivity contribution in [1.29, 1.82) is 0 Å². The van der Waals surface area contributed by atoms with E-state index in [0.717, 1.165) is 10.9 Å². The molecule has 0 saturated heterocycles. The molecule has 0 bridgehead atoms. The summed E-state index contributed by atoms with van der Waals surface area (Å²) in [5, 5.41) is 3.64. The molecule has 4 aromatic rings. The van der Waals surface area contributed by atoms with Crippen molar-refractivity contribution in [3.63, 3.8) is 0 Å². The number of nitrogens with two attached hydrogens (primary N) is 1. The Morgan fingerprint density at radius 1 is 0.871 bits per heavy atom. The number of nitrogen functional groups attached to an aromatic ring is 1. The summed E-state index contributed by atoms with van der Waals surface area (Å²) >= 11 is 0. The van der Waals surface area contributed by atoms with Crippen LogP contribution in [0.3, 0.4) is 0 Å². The van der Waals surface area contributed by atoms with Gasteiger partial charge in [-0.1, -0.05) is 0 Å². The highest BCUT2D eigenvalue weighted by atomic mass is 16.5. The maximum absolute atomic E-state index is 12.3. The van der Waals surface area contributed by atoms with Gasteiger partial charge in [-0.25, -0.2) is 0 Å². The number of methoxy groups -OCH3 is 2. The minimum absolute atomic E-state index is 0.213. The highest BCUT2D eigenvalue weighted by Crippen LogP contribution is 2.37. The maximum atomic E-state index is 12.3. The number of carbonyl (C=O) groups excluding carboxylic acids is 1. The van der Waals surface area contributed by atoms with Crippen molar-refractivity contribution in [1.82, 2.24) is 4.98 Å². The van der Waals surface area contributed by atoms with Crippen LogP contribution in [0.15, 0.2) is 72.9 Å². The highest BCUT2D eigenvalue weighted by molar-refractivity contribution is 6.04. The first-order chi connectivity index (χ1) is 15.1. The number of hydrogen-bond donors (Lipinski definition) is 2. The van der Waals surface area contributed by atoms with Crippen LogP contribution in [-0.2, 0) is 0 Å². The van der Waals surface area contributed by atoms with E-state index in [-0.39, 0.29) is 5.91 Å². The van der Waals surface area contributed by atoms with E-state index in [2.05, 4.69) is 10.3 Å². The van der Waals surface area contributed by atoms with Gasteiger partial charge in [0.05, 0.1) is 19.7 Å². The van der Waals surface area contributed by atoms with Gasteiger partial charge in [0.2, 0.25) is 0 Å². The molecule has 0 aliphatic carbocycles. The predicted molar refractivity (Wildman–Crippen MR) is 120 cm³/mol. The molecule has 0 radical (unpaired) electrons. The fraction of sp³-hybridized carbons (Fsp3) is 0.0833. The zero-order valence-corrected chi connectivity index (χ0v) is 17.1. The molecule has 0 spiro atoms. The van der Waals surface area contributed by atoms with E-state index in [1.165, 1.54) is 0 Å². The maximum Gasteiger partial charge on any atom is 0.255 e. The number of nitrogens with zero attached hydrogens (tertiary/aromatic N) is 1. The average Bonchev–Trinajstić information content (AvgIpc) is 2.80. The van der Waals surface area contributed by atoms with Gasteiger partial charge in [0.25, 0.3) is 5.91 Å². The molecule has 3 N–H and O–H groups in total. The standard InChI is InChI=1S/C24H21N3O4/c1-29-22-13-19-20(14-23(22)30-2)26-12-11-21(19)31-18-9-7-17(8-10-18)27-24(28)15-3-5-16(25)6-4-15/h3-14H,25H2,1-2H3,(H,27,28). The second-order valence-electron chi connectivity index (χ2n) is 6.74. The third-order valence-electron chi connectivity index (χ3n) is 4.72. The molecule has 7 heteroatoms. The van der Waals surface area contributed by atoms with Gasteiger partial charge in [-0.05, 0) is 60.7 Å². The number of hydrogen-bond acceptors (Lipinski definition) is 6. The van der Waals surface area contributed by atoms with E-state index < -0.39 is 0 Å². The number of benzene rings is 3. The molecule has 3 aromatic carbocycles. The van der Waals surface area contributed by atoms with Gasteiger partial charge in [-0.2, -0.15) is 0 Å². The van der Waals surface area contributed by atoms with Gasteiger partial charge >= 0.3 is 0 Å². The largest absolute Gasteiger partial charge is 0.493 e. The van der Waals surface area contributed by atoms with E-state index in [0.29, 0.717) is 39.9 Å². The average molecular weight is 415 g/mol. The van der Waals surface area contributed by atoms with Crippen molar-refractivity contribution < 1.29 is 19.0 Å². The highest BCUT2D eigenvalue weighted by Gasteiger charge is 2.12. The second kappa shape index (κ2) is 8.62. The third-order valence-corrected chi connectivity index (χ3v) is 4.72. The molecule has 4 rings (SSSR count). The lowest BCUT2D eigenvalue weighted by atomic mass is 10.1. The third kappa shape index (κ3) is 4.35. The molecule has 0 fully saturated rings. The van der Waals surface area contributed by atoms with Crippen molar-refractivity contribution in [3.05, 3.63) is 78.5 Å². The Hall–Kier alpha value is -4.26. The number of rotatable bonds is 6. The summed E-state index contributed by atoms with van der Waals surface area (Å²) in [5.41, 5.74) is 8.18. The van der Waals surface area contributed by atoms with E-state index in [1.54, 1.807) is 81.1 Å². The minimum Gasteiger partial charge on any atom is -0.493 e. The van der Waals surface area contributed by atoms with E-state index in [1.807, 2.05) is 6.07 Å². The Labute approximate surface area is 179 Å². The first-order valence-corrected chi connectivity index (χ1v) is 9.53. The molecule has 0 aliphatic rings. The monoisotopic (exact) mass is 415 g/mol. The molecule has 0 atom stereocenters. The Balaban J connectivity index is 1.53. The lowest BCUT2D eigenvalue weighted by Crippen LogP contribution is -2.11. The van der Waals surface area contributed by atoms with Crippen molar-refractivity contribution in [2.24, 2.45) is 0 Å². The van der Waals surface area contributed by atoms with Gasteiger partial charge in [-0.15, -0.1) is 0 Å². The Morgan fingerprint density at radius 3 is 2.23 bits per heavy atom. The van der Waals surface area contributed by atoms with Crippen molar-refractivity contribution in [3.8, 4) is 23.0 Å². The first-order valence-electron chi connectivity index (χ1n) is 9.53. The fourth-order valence-electron chi connectivity index (χ4n) is 3.11. The molecule has 1 aromatic heterocycles. The van der Waals surface area contributed by atoms with Crippen LogP contribution in [0.25, 0.3) is 10.9 Å². The van der Waals surface area contributed by atoms with Gasteiger partial charge in [0.1, 0.15) is 11.5 Å². The van der Waals surface area contributed by atoms with Crippen molar-refractivity contribution >= 4 is 28.2 Å². The number of nitrogens with one attached hydrogen (secondary N) is 1. The molecule has 0 saturated carbocycles. The molecular weight excluding hydrogens is 394 g/mol. The molecule has 0 unspecified atom stereocenters.